The highest BCUT2D eigenvalue weighted by atomic mass is 16.3. The van der Waals surface area contributed by atoms with Gasteiger partial charge in [-0.15, -0.1) is 0 Å². The Morgan fingerprint density at radius 1 is 1.23 bits per heavy atom. The number of rotatable bonds is 6. The highest BCUT2D eigenvalue weighted by Crippen LogP contribution is 2.24. The third-order valence-corrected chi connectivity index (χ3v) is 4.66. The summed E-state index contributed by atoms with van der Waals surface area (Å²) in [6.07, 6.45) is 4.89. The monoisotopic (exact) mass is 313 g/mol. The van der Waals surface area contributed by atoms with E-state index in [1.807, 2.05) is 0 Å². The topological polar surface area (TPSA) is 64.6 Å². The lowest BCUT2D eigenvalue weighted by Crippen LogP contribution is -2.51. The van der Waals surface area contributed by atoms with Crippen molar-refractivity contribution in [1.82, 2.24) is 15.5 Å². The molecule has 0 aromatic carbocycles. The fraction of sp³-hybridized carbons (Fsp3) is 0.941. The van der Waals surface area contributed by atoms with Crippen LogP contribution in [0.15, 0.2) is 0 Å². The number of nitrogens with zero attached hydrogens (tertiary/aromatic N) is 1. The first-order chi connectivity index (χ1) is 10.2. The maximum absolute atomic E-state index is 12.3. The maximum Gasteiger partial charge on any atom is 0.315 e. The van der Waals surface area contributed by atoms with E-state index in [0.717, 1.165) is 38.6 Å². The van der Waals surface area contributed by atoms with Gasteiger partial charge in [-0.25, -0.2) is 4.79 Å². The van der Waals surface area contributed by atoms with Gasteiger partial charge in [0.25, 0.3) is 0 Å². The lowest BCUT2D eigenvalue weighted by Gasteiger charge is -2.34. The van der Waals surface area contributed by atoms with Crippen LogP contribution in [-0.2, 0) is 0 Å². The van der Waals surface area contributed by atoms with E-state index in [4.69, 9.17) is 5.11 Å². The molecule has 3 N–H and O–H groups in total. The molecule has 0 aromatic heterocycles. The fourth-order valence-corrected chi connectivity index (χ4v) is 2.98. The van der Waals surface area contributed by atoms with Crippen molar-refractivity contribution >= 4 is 6.03 Å². The Morgan fingerprint density at radius 3 is 2.27 bits per heavy atom. The Labute approximate surface area is 135 Å². The van der Waals surface area contributed by atoms with Gasteiger partial charge in [0.05, 0.1) is 0 Å². The van der Waals surface area contributed by atoms with Crippen LogP contribution in [0, 0.1) is 11.3 Å². The number of carbonyl (C=O) groups excluding carboxylic acids is 1. The molecule has 0 bridgehead atoms. The minimum absolute atomic E-state index is 0.0436. The number of urea groups is 1. The van der Waals surface area contributed by atoms with E-state index in [1.165, 1.54) is 0 Å². The zero-order chi connectivity index (χ0) is 16.8. The predicted molar refractivity (Wildman–Crippen MR) is 90.9 cm³/mol. The van der Waals surface area contributed by atoms with E-state index >= 15 is 0 Å². The number of aliphatic hydroxyl groups is 1. The second kappa shape index (κ2) is 8.73. The SMILES string of the molecule is CN(C)CCC(NC(=O)NC1CCC(CO)CC1)C(C)(C)C. The molecule has 130 valence electrons. The molecule has 1 saturated carbocycles. The van der Waals surface area contributed by atoms with Crippen LogP contribution in [0.2, 0.25) is 0 Å². The normalized spacial score (nSPS) is 24.1. The summed E-state index contributed by atoms with van der Waals surface area (Å²) in [6, 6.07) is 0.354. The van der Waals surface area contributed by atoms with Crippen molar-refractivity contribution in [2.45, 2.75) is 65.0 Å². The molecule has 1 rings (SSSR count). The van der Waals surface area contributed by atoms with Crippen molar-refractivity contribution in [2.75, 3.05) is 27.2 Å². The van der Waals surface area contributed by atoms with Crippen LogP contribution < -0.4 is 10.6 Å². The summed E-state index contributed by atoms with van der Waals surface area (Å²) in [5.74, 6) is 0.420. The Morgan fingerprint density at radius 2 is 1.82 bits per heavy atom. The Balaban J connectivity index is 2.43. The molecular formula is C17H35N3O2. The predicted octanol–water partition coefficient (Wildman–Crippen LogP) is 2.20. The van der Waals surface area contributed by atoms with Crippen molar-refractivity contribution in [3.8, 4) is 0 Å². The summed E-state index contributed by atoms with van der Waals surface area (Å²) in [6.45, 7) is 7.74. The highest BCUT2D eigenvalue weighted by molar-refractivity contribution is 5.74. The number of hydrogen-bond donors (Lipinski definition) is 3. The molecule has 1 atom stereocenters. The standard InChI is InChI=1S/C17H35N3O2/c1-17(2,3)15(10-11-20(4)5)19-16(22)18-14-8-6-13(12-21)7-9-14/h13-15,21H,6-12H2,1-5H3,(H2,18,19,22). The van der Waals surface area contributed by atoms with E-state index in [1.54, 1.807) is 0 Å². The van der Waals surface area contributed by atoms with Crippen LogP contribution in [0.3, 0.4) is 0 Å². The molecule has 1 fully saturated rings. The van der Waals surface area contributed by atoms with Crippen LogP contribution in [0.4, 0.5) is 4.79 Å². The van der Waals surface area contributed by atoms with Crippen molar-refractivity contribution in [3.63, 3.8) is 0 Å². The average molecular weight is 313 g/mol. The van der Waals surface area contributed by atoms with Gasteiger partial charge in [-0.3, -0.25) is 0 Å². The summed E-state index contributed by atoms with van der Waals surface area (Å²) < 4.78 is 0. The van der Waals surface area contributed by atoms with Gasteiger partial charge in [0.2, 0.25) is 0 Å². The van der Waals surface area contributed by atoms with Gasteiger partial charge in [0.1, 0.15) is 0 Å². The van der Waals surface area contributed by atoms with E-state index in [-0.39, 0.29) is 30.1 Å². The first-order valence-electron chi connectivity index (χ1n) is 8.55. The second-order valence-corrected chi connectivity index (χ2v) is 8.03. The van der Waals surface area contributed by atoms with Gasteiger partial charge in [0, 0.05) is 18.7 Å². The van der Waals surface area contributed by atoms with Crippen LogP contribution in [0.1, 0.15) is 52.9 Å². The molecule has 0 aliphatic heterocycles. The summed E-state index contributed by atoms with van der Waals surface area (Å²) in [7, 11) is 4.11. The van der Waals surface area contributed by atoms with Gasteiger partial charge >= 0.3 is 6.03 Å². The molecule has 5 heteroatoms. The largest absolute Gasteiger partial charge is 0.396 e. The van der Waals surface area contributed by atoms with E-state index in [9.17, 15) is 4.79 Å². The Bertz CT molecular complexity index is 331. The first kappa shape index (κ1) is 19.2. The van der Waals surface area contributed by atoms with Gasteiger partial charge in [-0.1, -0.05) is 20.8 Å². The molecule has 22 heavy (non-hydrogen) atoms. The molecule has 5 nitrogen and oxygen atoms in total. The number of amides is 2. The second-order valence-electron chi connectivity index (χ2n) is 8.03. The minimum Gasteiger partial charge on any atom is -0.396 e. The summed E-state index contributed by atoms with van der Waals surface area (Å²) in [5.41, 5.74) is 0.0436. The third-order valence-electron chi connectivity index (χ3n) is 4.66. The highest BCUT2D eigenvalue weighted by Gasteiger charge is 2.27. The lowest BCUT2D eigenvalue weighted by atomic mass is 9.84. The first-order valence-corrected chi connectivity index (χ1v) is 8.55. The summed E-state index contributed by atoms with van der Waals surface area (Å²) in [4.78, 5) is 14.4. The summed E-state index contributed by atoms with van der Waals surface area (Å²) in [5, 5.41) is 15.4. The Hall–Kier alpha value is -0.810. The molecule has 0 aromatic rings. The van der Waals surface area contributed by atoms with E-state index in [2.05, 4.69) is 50.4 Å². The van der Waals surface area contributed by atoms with Crippen LogP contribution in [0.5, 0.6) is 0 Å². The minimum atomic E-state index is -0.0499. The number of hydrogen-bond acceptors (Lipinski definition) is 3. The van der Waals surface area contributed by atoms with E-state index in [0.29, 0.717) is 5.92 Å². The fourth-order valence-electron chi connectivity index (χ4n) is 2.98. The van der Waals surface area contributed by atoms with Gasteiger partial charge in [-0.05, 0) is 64.1 Å². The molecule has 0 saturated heterocycles. The van der Waals surface area contributed by atoms with Crippen molar-refractivity contribution in [2.24, 2.45) is 11.3 Å². The number of aliphatic hydroxyl groups excluding tert-OH is 1. The zero-order valence-electron chi connectivity index (χ0n) is 15.0. The molecule has 0 radical (unpaired) electrons. The van der Waals surface area contributed by atoms with E-state index < -0.39 is 0 Å². The summed E-state index contributed by atoms with van der Waals surface area (Å²) >= 11 is 0. The third kappa shape index (κ3) is 6.97. The van der Waals surface area contributed by atoms with Crippen molar-refractivity contribution in [3.05, 3.63) is 0 Å². The van der Waals surface area contributed by atoms with Gasteiger partial charge in [0.15, 0.2) is 0 Å². The van der Waals surface area contributed by atoms with Gasteiger partial charge in [-0.2, -0.15) is 0 Å². The quantitative estimate of drug-likeness (QED) is 0.704. The smallest absolute Gasteiger partial charge is 0.315 e. The molecule has 2 amide bonds. The number of nitrogens with one attached hydrogen (secondary N) is 2. The molecule has 0 heterocycles. The maximum atomic E-state index is 12.3. The molecule has 1 aliphatic carbocycles. The van der Waals surface area contributed by atoms with Crippen LogP contribution in [-0.4, -0.2) is 55.4 Å². The van der Waals surface area contributed by atoms with Crippen molar-refractivity contribution < 1.29 is 9.90 Å². The van der Waals surface area contributed by atoms with Crippen LogP contribution >= 0.6 is 0 Å². The van der Waals surface area contributed by atoms with Crippen molar-refractivity contribution in [1.29, 1.82) is 0 Å². The molecular weight excluding hydrogens is 278 g/mol. The van der Waals surface area contributed by atoms with Gasteiger partial charge < -0.3 is 20.6 Å². The molecule has 1 aliphatic rings. The lowest BCUT2D eigenvalue weighted by molar-refractivity contribution is 0.171. The van der Waals surface area contributed by atoms with Crippen LogP contribution in [0.25, 0.3) is 0 Å². The molecule has 0 spiro atoms. The Kier molecular flexibility index (Phi) is 7.63. The number of carbonyl (C=O) groups is 1. The average Bonchev–Trinajstić information content (AvgIpc) is 2.42. The zero-order valence-corrected chi connectivity index (χ0v) is 15.0. The molecule has 1 unspecified atom stereocenters.